The molecule has 4 rings (SSSR count). The third-order valence-electron chi connectivity index (χ3n) is 20.2. The number of nitrogens with one attached hydrogen (secondary N) is 7. The van der Waals surface area contributed by atoms with Crippen molar-refractivity contribution in [3.8, 4) is 5.75 Å². The molecule has 1 saturated heterocycles. The Labute approximate surface area is 733 Å². The molecule has 1 aliphatic rings. The fraction of sp³-hybridized carbons (Fsp3) is 0.620. The van der Waals surface area contributed by atoms with Crippen molar-refractivity contribution < 1.29 is 157 Å². The van der Waals surface area contributed by atoms with Gasteiger partial charge in [0.05, 0.1) is 107 Å². The van der Waals surface area contributed by atoms with Crippen molar-refractivity contribution in [3.63, 3.8) is 0 Å². The summed E-state index contributed by atoms with van der Waals surface area (Å²) >= 11 is 0. The molecular formula is C79H117N17O32. The first kappa shape index (κ1) is 107. The number of aromatic nitrogens is 5. The summed E-state index contributed by atoms with van der Waals surface area (Å²) in [6.45, 7) is 4.78. The highest BCUT2D eigenvalue weighted by Gasteiger charge is 2.46. The largest absolute Gasteiger partial charge is 0.487 e. The van der Waals surface area contributed by atoms with Crippen LogP contribution in [-0.2, 0) is 119 Å². The van der Waals surface area contributed by atoms with Crippen LogP contribution >= 0.6 is 0 Å². The molecule has 1 unspecified atom stereocenters. The van der Waals surface area contributed by atoms with Gasteiger partial charge in [0.1, 0.15) is 48.3 Å². The van der Waals surface area contributed by atoms with Crippen LogP contribution in [0.25, 0.3) is 0 Å². The second-order valence-corrected chi connectivity index (χ2v) is 32.7. The minimum atomic E-state index is -2.62. The maximum absolute atomic E-state index is 14.9. The molecule has 710 valence electrons. The first-order chi connectivity index (χ1) is 60.1. The second-order valence-electron chi connectivity index (χ2n) is 32.7. The first-order valence-electron chi connectivity index (χ1n) is 41.0. The Hall–Kier alpha value is -12.9. The molecule has 1 fully saturated rings. The standard InChI is InChI=1S/C79H117N17O32/c1-76(2,36-64(105)106)32-53(97)33-78(34-59(99)85-77(3,37-65(107)108)38-66(109)110,35-60(100)86-79(39-67(111)112,40-68(113)114)41-69(115)116)87-62(102)46-95-23-20-80-57(95)44-94(21-8-4-5-11-58(98)81-18-7-6-10-55(73(123)124)83-75(127)84-56(74(125)126)16-17-63(103)104)42-51-12-14-54(15-13-51)128-50-52-43-96(89-88-52)22-9-19-82-61(101)45-90-24-26-91(47-70(117)118)28-30-93(49-72(121)122)31-29-92(27-25-90)48-71(119)120/h12-15,20,23,43,55-56H,4-11,16-19,21-22,24-42,44-50H2,1-3H3,(H,81,98)(H,82,101)(H,85,99)(H,86,100)(H,87,102)(H,103,104)(H,105,106)(H,107,108)(H,109,110)(H,111,112)(H,113,114)(H,115,116)(H,117,118)(H,119,120)(H,121,122)(H,123,124)(H,125,126)(H2,83,84,127)/t55-,56-,78?/m0/s1. The van der Waals surface area contributed by atoms with Gasteiger partial charge in [-0.05, 0) is 81.5 Å². The molecular weight excluding hydrogens is 1700 g/mol. The summed E-state index contributed by atoms with van der Waals surface area (Å²) in [5.74, 6) is -22.3. The van der Waals surface area contributed by atoms with Gasteiger partial charge in [-0.3, -0.25) is 106 Å². The van der Waals surface area contributed by atoms with E-state index in [1.165, 1.54) is 30.8 Å². The number of carboxylic acids is 12. The summed E-state index contributed by atoms with van der Waals surface area (Å²) in [6, 6.07) is 2.64. The zero-order valence-corrected chi connectivity index (χ0v) is 71.5. The molecule has 0 radical (unpaired) electrons. The van der Waals surface area contributed by atoms with Gasteiger partial charge in [0, 0.05) is 117 Å². The van der Waals surface area contributed by atoms with Crippen molar-refractivity contribution in [2.24, 2.45) is 5.41 Å². The molecule has 3 atom stereocenters. The van der Waals surface area contributed by atoms with E-state index in [4.69, 9.17) is 9.84 Å². The van der Waals surface area contributed by atoms with Crippen LogP contribution in [0.5, 0.6) is 5.75 Å². The monoisotopic (exact) mass is 1820 g/mol. The predicted molar refractivity (Wildman–Crippen MR) is 439 cm³/mol. The van der Waals surface area contributed by atoms with Gasteiger partial charge in [-0.1, -0.05) is 37.6 Å². The normalized spacial score (nSPS) is 14.3. The van der Waals surface area contributed by atoms with Gasteiger partial charge in [-0.15, -0.1) is 5.10 Å². The number of benzene rings is 1. The Bertz CT molecular complexity index is 4240. The van der Waals surface area contributed by atoms with Gasteiger partial charge >= 0.3 is 77.7 Å². The third-order valence-corrected chi connectivity index (χ3v) is 20.2. The first-order valence-corrected chi connectivity index (χ1v) is 41.0. The number of carbonyl (C=O) groups excluding carboxylic acids is 7. The lowest BCUT2D eigenvalue weighted by Gasteiger charge is -2.38. The van der Waals surface area contributed by atoms with Crippen LogP contribution in [0.1, 0.15) is 166 Å². The number of hydrogen-bond donors (Lipinski definition) is 19. The highest BCUT2D eigenvalue weighted by Crippen LogP contribution is 2.32. The number of hydrogen-bond acceptors (Lipinski definition) is 28. The molecule has 1 aliphatic heterocycles. The molecule has 3 aromatic rings. The van der Waals surface area contributed by atoms with Gasteiger partial charge in [0.2, 0.25) is 29.5 Å². The molecule has 19 N–H and O–H groups in total. The maximum atomic E-state index is 14.9. The van der Waals surface area contributed by atoms with Crippen LogP contribution in [-0.4, -0.2) is 350 Å². The van der Waals surface area contributed by atoms with Gasteiger partial charge in [-0.25, -0.2) is 19.4 Å². The number of nitrogens with zero attached hydrogens (tertiary/aromatic N) is 10. The number of ether oxygens (including phenoxy) is 1. The average Bonchev–Trinajstić information content (AvgIpc) is 0.984. The molecule has 1 aromatic carbocycles. The van der Waals surface area contributed by atoms with E-state index in [9.17, 15) is 147 Å². The molecule has 0 saturated carbocycles. The minimum Gasteiger partial charge on any atom is -0.487 e. The smallest absolute Gasteiger partial charge is 0.326 e. The summed E-state index contributed by atoms with van der Waals surface area (Å²) in [4.78, 5) is 253. The fourth-order valence-corrected chi connectivity index (χ4v) is 14.5. The number of amides is 7. The summed E-state index contributed by atoms with van der Waals surface area (Å²) < 4.78 is 8.97. The molecule has 0 bridgehead atoms. The lowest BCUT2D eigenvalue weighted by molar-refractivity contribution is -0.148. The number of aryl methyl sites for hydroxylation is 1. The Kier molecular flexibility index (Phi) is 44.9. The Morgan fingerprint density at radius 3 is 1.42 bits per heavy atom. The van der Waals surface area contributed by atoms with E-state index in [1.807, 2.05) is 10.2 Å². The molecule has 0 spiro atoms. The topological polar surface area (TPSA) is 725 Å². The van der Waals surface area contributed by atoms with E-state index in [-0.39, 0.29) is 161 Å². The van der Waals surface area contributed by atoms with Crippen molar-refractivity contribution in [2.45, 2.75) is 211 Å². The lowest BCUT2D eigenvalue weighted by atomic mass is 9.78. The molecule has 7 amide bonds. The third kappa shape index (κ3) is 44.8. The predicted octanol–water partition coefficient (Wildman–Crippen LogP) is -1.46. The van der Waals surface area contributed by atoms with E-state index in [0.717, 1.165) is 6.92 Å². The quantitative estimate of drug-likeness (QED) is 0.0287. The number of Topliss-reactive ketones (excluding diaryl/α,β-unsaturated/α-hetero) is 1. The molecule has 128 heavy (non-hydrogen) atoms. The van der Waals surface area contributed by atoms with E-state index >= 15 is 0 Å². The second kappa shape index (κ2) is 53.5. The van der Waals surface area contributed by atoms with Crippen LogP contribution in [0.3, 0.4) is 0 Å². The average molecular weight is 1820 g/mol. The molecule has 0 aliphatic carbocycles. The minimum absolute atomic E-state index is 0.0399. The Balaban J connectivity index is 1.59. The van der Waals surface area contributed by atoms with E-state index in [0.29, 0.717) is 49.2 Å². The van der Waals surface area contributed by atoms with Crippen LogP contribution in [0.15, 0.2) is 42.9 Å². The SMILES string of the molecule is CC(C)(CC(=O)O)CC(=O)CC(CC(=O)NC(C)(CC(=O)O)CC(=O)O)(CC(=O)NC(CC(=O)O)(CC(=O)O)CC(=O)O)NC(=O)Cn1ccnc1CN(CCCCCC(=O)NCCCC[C@H](NC(=O)N[C@@H](CCC(=O)O)C(=O)O)C(=O)O)Cc1ccc(OCc2cn(CCCNC(=O)CN3CCN(CC(=O)O)CCN(CC(=O)O)CCN(CC(=O)O)CC3)nn2)cc1. The fourth-order valence-electron chi connectivity index (χ4n) is 14.5. The molecule has 49 heteroatoms. The van der Waals surface area contributed by atoms with Crippen LogP contribution in [0.2, 0.25) is 0 Å². The summed E-state index contributed by atoms with van der Waals surface area (Å²) in [6.07, 6.45) is -5.51. The number of ketones is 1. The van der Waals surface area contributed by atoms with Crippen LogP contribution in [0, 0.1) is 5.41 Å². The van der Waals surface area contributed by atoms with Crippen molar-refractivity contribution in [2.75, 3.05) is 98.2 Å². The van der Waals surface area contributed by atoms with Crippen LogP contribution in [0.4, 0.5) is 4.79 Å². The molecule has 2 aromatic heterocycles. The van der Waals surface area contributed by atoms with Gasteiger partial charge in [0.25, 0.3) is 0 Å². The summed E-state index contributed by atoms with van der Waals surface area (Å²) in [5, 5.41) is 141. The zero-order valence-electron chi connectivity index (χ0n) is 71.5. The number of urea groups is 1. The molecule has 49 nitrogen and oxygen atoms in total. The Morgan fingerprint density at radius 1 is 0.445 bits per heavy atom. The number of unbranched alkanes of at least 4 members (excludes halogenated alkanes) is 3. The van der Waals surface area contributed by atoms with Crippen molar-refractivity contribution in [1.82, 2.24) is 86.3 Å². The van der Waals surface area contributed by atoms with Crippen molar-refractivity contribution >= 4 is 113 Å². The number of carboxylic acid groups (broad SMARTS) is 12. The zero-order chi connectivity index (χ0) is 95.5. The van der Waals surface area contributed by atoms with E-state index < -0.39 is 219 Å². The number of imidazole rings is 1. The lowest BCUT2D eigenvalue weighted by Crippen LogP contribution is -2.60. The van der Waals surface area contributed by atoms with E-state index in [2.05, 4.69) is 47.2 Å². The van der Waals surface area contributed by atoms with Crippen LogP contribution < -0.4 is 42.0 Å². The number of carbonyl (C=O) groups is 19. The molecule has 3 heterocycles. The van der Waals surface area contributed by atoms with Crippen molar-refractivity contribution in [1.29, 1.82) is 0 Å². The number of aliphatic carboxylic acids is 12. The highest BCUT2D eigenvalue weighted by atomic mass is 16.5. The van der Waals surface area contributed by atoms with Gasteiger partial charge in [0.15, 0.2) is 0 Å². The summed E-state index contributed by atoms with van der Waals surface area (Å²) in [5.41, 5.74) is -7.53. The highest BCUT2D eigenvalue weighted by molar-refractivity contribution is 5.91. The van der Waals surface area contributed by atoms with Gasteiger partial charge < -0.3 is 108 Å². The number of rotatable bonds is 62. The van der Waals surface area contributed by atoms with E-state index in [1.54, 1.807) is 54.7 Å². The maximum Gasteiger partial charge on any atom is 0.326 e. The van der Waals surface area contributed by atoms with Gasteiger partial charge in [-0.2, -0.15) is 0 Å². The van der Waals surface area contributed by atoms with Crippen molar-refractivity contribution in [3.05, 3.63) is 59.9 Å². The summed E-state index contributed by atoms with van der Waals surface area (Å²) in [7, 11) is 0. The Morgan fingerprint density at radius 2 is 0.922 bits per heavy atom.